The molecule has 0 aliphatic heterocycles. The van der Waals surface area contributed by atoms with Crippen molar-refractivity contribution in [2.24, 2.45) is 10.8 Å². The Morgan fingerprint density at radius 3 is 2.84 bits per heavy atom. The van der Waals surface area contributed by atoms with Crippen molar-refractivity contribution in [3.05, 3.63) is 28.8 Å². The zero-order valence-electron chi connectivity index (χ0n) is 9.90. The first-order chi connectivity index (χ1) is 8.99. The fourth-order valence-electron chi connectivity index (χ4n) is 1.16. The Hall–Kier alpha value is -2.59. The molecule has 0 saturated carbocycles. The molecular weight excluding hydrogens is 270 g/mol. The molecule has 0 amide bonds. The van der Waals surface area contributed by atoms with Gasteiger partial charge in [0.25, 0.3) is 0 Å². The third-order valence-corrected chi connectivity index (χ3v) is 2.27. The summed E-state index contributed by atoms with van der Waals surface area (Å²) in [4.78, 5) is 11.5. The van der Waals surface area contributed by atoms with Gasteiger partial charge in [-0.25, -0.2) is 4.79 Å². The highest BCUT2D eigenvalue weighted by Crippen LogP contribution is 2.21. The maximum absolute atomic E-state index is 11.5. The molecular formula is C11H10ClN5O2. The van der Waals surface area contributed by atoms with Gasteiger partial charge in [-0.2, -0.15) is 10.4 Å². The number of halogens is 1. The van der Waals surface area contributed by atoms with E-state index in [2.05, 4.69) is 15.3 Å². The van der Waals surface area contributed by atoms with Gasteiger partial charge < -0.3 is 10.5 Å². The second-order valence-corrected chi connectivity index (χ2v) is 3.72. The lowest BCUT2D eigenvalue weighted by Gasteiger charge is -2.07. The summed E-state index contributed by atoms with van der Waals surface area (Å²) in [6, 6.07) is 6.04. The number of hydrazone groups is 1. The molecule has 8 heteroatoms. The lowest BCUT2D eigenvalue weighted by atomic mass is 10.2. The van der Waals surface area contributed by atoms with Crippen LogP contribution in [0.1, 0.15) is 10.4 Å². The molecule has 0 aromatic heterocycles. The van der Waals surface area contributed by atoms with Gasteiger partial charge in [0.15, 0.2) is 5.84 Å². The molecule has 0 radical (unpaired) electrons. The molecule has 0 fully saturated rings. The van der Waals surface area contributed by atoms with Crippen LogP contribution >= 0.6 is 11.6 Å². The molecule has 19 heavy (non-hydrogen) atoms. The van der Waals surface area contributed by atoms with Gasteiger partial charge in [-0.1, -0.05) is 11.6 Å². The summed E-state index contributed by atoms with van der Waals surface area (Å²) in [5.41, 5.74) is 7.72. The molecule has 1 aromatic rings. The van der Waals surface area contributed by atoms with Crippen molar-refractivity contribution in [3.63, 3.8) is 0 Å². The number of benzene rings is 1. The number of nitrogens with two attached hydrogens (primary N) is 1. The number of nitrogens with one attached hydrogen (secondary N) is 2. The van der Waals surface area contributed by atoms with E-state index in [1.165, 1.54) is 25.3 Å². The summed E-state index contributed by atoms with van der Waals surface area (Å²) in [6.07, 6.45) is 0. The van der Waals surface area contributed by atoms with Gasteiger partial charge in [-0.15, -0.1) is 0 Å². The predicted molar refractivity (Wildman–Crippen MR) is 71.4 cm³/mol. The number of carbonyl (C=O) groups is 1. The predicted octanol–water partition coefficient (Wildman–Crippen LogP) is 1.35. The fourth-order valence-corrected chi connectivity index (χ4v) is 1.33. The summed E-state index contributed by atoms with van der Waals surface area (Å²) in [6.45, 7) is 0. The fraction of sp³-hybridized carbons (Fsp3) is 0.0909. The number of nitrogens with zero attached hydrogens (tertiary/aromatic N) is 2. The van der Waals surface area contributed by atoms with E-state index < -0.39 is 11.8 Å². The first-order valence-electron chi connectivity index (χ1n) is 4.95. The molecule has 1 aromatic carbocycles. The smallest absolute Gasteiger partial charge is 0.340 e. The average Bonchev–Trinajstić information content (AvgIpc) is 2.38. The number of carbonyl (C=O) groups excluding carboxylic acids is 1. The van der Waals surface area contributed by atoms with Crippen LogP contribution in [0, 0.1) is 16.7 Å². The molecule has 0 spiro atoms. The highest BCUT2D eigenvalue weighted by atomic mass is 35.5. The molecule has 0 heterocycles. The Morgan fingerprint density at radius 2 is 2.32 bits per heavy atom. The van der Waals surface area contributed by atoms with E-state index in [-0.39, 0.29) is 17.0 Å². The average molecular weight is 280 g/mol. The van der Waals surface area contributed by atoms with Crippen LogP contribution in [0.2, 0.25) is 5.02 Å². The van der Waals surface area contributed by atoms with Gasteiger partial charge in [0, 0.05) is 5.02 Å². The van der Waals surface area contributed by atoms with E-state index >= 15 is 0 Å². The maximum atomic E-state index is 11.5. The summed E-state index contributed by atoms with van der Waals surface area (Å²) >= 11 is 5.80. The number of anilines is 1. The lowest BCUT2D eigenvalue weighted by Crippen LogP contribution is -2.22. The van der Waals surface area contributed by atoms with E-state index in [9.17, 15) is 4.79 Å². The Kier molecular flexibility index (Phi) is 4.85. The number of ether oxygens (including phenoxy) is 1. The van der Waals surface area contributed by atoms with Crippen LogP contribution in [0.25, 0.3) is 0 Å². The number of nitriles is 1. The molecule has 98 valence electrons. The number of rotatable bonds is 4. The van der Waals surface area contributed by atoms with Crippen molar-refractivity contribution < 1.29 is 9.53 Å². The standard InChI is InChI=1S/C11H10ClN5O2/c1-19-11(18)7-3-2-6(12)4-8(7)16-17-9(5-13)10(14)15/h2-4,16H,1H3,(H3,14,15)/b17-9+. The lowest BCUT2D eigenvalue weighted by molar-refractivity contribution is 0.0602. The Morgan fingerprint density at radius 1 is 1.63 bits per heavy atom. The second kappa shape index (κ2) is 6.37. The molecule has 0 bridgehead atoms. The minimum atomic E-state index is -0.587. The van der Waals surface area contributed by atoms with Gasteiger partial charge in [0.05, 0.1) is 18.4 Å². The number of hydrogen-bond donors (Lipinski definition) is 3. The third-order valence-electron chi connectivity index (χ3n) is 2.04. The minimum absolute atomic E-state index is 0.191. The molecule has 0 atom stereocenters. The van der Waals surface area contributed by atoms with E-state index in [4.69, 9.17) is 28.0 Å². The van der Waals surface area contributed by atoms with Crippen molar-refractivity contribution in [3.8, 4) is 6.07 Å². The first kappa shape index (κ1) is 14.5. The highest BCUT2D eigenvalue weighted by molar-refractivity contribution is 6.45. The first-order valence-corrected chi connectivity index (χ1v) is 5.33. The Balaban J connectivity index is 3.13. The van der Waals surface area contributed by atoms with Gasteiger partial charge in [-0.05, 0) is 18.2 Å². The zero-order valence-corrected chi connectivity index (χ0v) is 10.7. The normalized spacial score (nSPS) is 10.5. The molecule has 0 aliphatic carbocycles. The molecule has 7 nitrogen and oxygen atoms in total. The topological polar surface area (TPSA) is 124 Å². The molecule has 4 N–H and O–H groups in total. The monoisotopic (exact) mass is 279 g/mol. The molecule has 0 unspecified atom stereocenters. The summed E-state index contributed by atoms with van der Waals surface area (Å²) in [5, 5.41) is 19.8. The van der Waals surface area contributed by atoms with Gasteiger partial charge in [0.1, 0.15) is 6.07 Å². The second-order valence-electron chi connectivity index (χ2n) is 3.28. The van der Waals surface area contributed by atoms with Crippen LogP contribution in [-0.2, 0) is 4.74 Å². The largest absolute Gasteiger partial charge is 0.465 e. The van der Waals surface area contributed by atoms with E-state index in [1.54, 1.807) is 6.07 Å². The SMILES string of the molecule is COC(=O)c1ccc(Cl)cc1N/N=C(\C#N)C(=N)N. The molecule has 0 saturated heterocycles. The van der Waals surface area contributed by atoms with E-state index in [0.29, 0.717) is 5.02 Å². The summed E-state index contributed by atoms with van der Waals surface area (Å²) < 4.78 is 4.59. The number of amidine groups is 1. The Bertz CT molecular complexity index is 591. The number of hydrogen-bond acceptors (Lipinski definition) is 6. The Labute approximate surface area is 114 Å². The van der Waals surface area contributed by atoms with Crippen molar-refractivity contribution >= 4 is 34.8 Å². The van der Waals surface area contributed by atoms with Crippen LogP contribution in [0.15, 0.2) is 23.3 Å². The third kappa shape index (κ3) is 3.69. The van der Waals surface area contributed by atoms with Crippen molar-refractivity contribution in [1.29, 1.82) is 10.7 Å². The van der Waals surface area contributed by atoms with Crippen LogP contribution in [-0.4, -0.2) is 24.6 Å². The van der Waals surface area contributed by atoms with Gasteiger partial charge >= 0.3 is 5.97 Å². The van der Waals surface area contributed by atoms with Crippen molar-refractivity contribution in [2.75, 3.05) is 12.5 Å². The number of esters is 1. The van der Waals surface area contributed by atoms with Crippen molar-refractivity contribution in [1.82, 2.24) is 0 Å². The summed E-state index contributed by atoms with van der Waals surface area (Å²) in [7, 11) is 1.24. The highest BCUT2D eigenvalue weighted by Gasteiger charge is 2.12. The van der Waals surface area contributed by atoms with Crippen LogP contribution in [0.4, 0.5) is 5.69 Å². The summed E-state index contributed by atoms with van der Waals surface area (Å²) in [5.74, 6) is -1.08. The van der Waals surface area contributed by atoms with Gasteiger partial charge in [-0.3, -0.25) is 10.8 Å². The minimum Gasteiger partial charge on any atom is -0.465 e. The van der Waals surface area contributed by atoms with Crippen LogP contribution in [0.3, 0.4) is 0 Å². The van der Waals surface area contributed by atoms with Gasteiger partial charge in [0.2, 0.25) is 5.71 Å². The van der Waals surface area contributed by atoms with E-state index in [1.807, 2.05) is 0 Å². The maximum Gasteiger partial charge on any atom is 0.340 e. The van der Waals surface area contributed by atoms with Crippen LogP contribution < -0.4 is 11.2 Å². The van der Waals surface area contributed by atoms with E-state index in [0.717, 1.165) is 0 Å². The van der Waals surface area contributed by atoms with Crippen molar-refractivity contribution in [2.45, 2.75) is 0 Å². The molecule has 1 rings (SSSR count). The number of methoxy groups -OCH3 is 1. The van der Waals surface area contributed by atoms with Crippen LogP contribution in [0.5, 0.6) is 0 Å². The zero-order chi connectivity index (χ0) is 14.4. The quantitative estimate of drug-likeness (QED) is 0.332. The molecule has 0 aliphatic rings.